The lowest BCUT2D eigenvalue weighted by Gasteiger charge is -2.28. The summed E-state index contributed by atoms with van der Waals surface area (Å²) >= 11 is 0. The second kappa shape index (κ2) is 6.98. The zero-order valence-corrected chi connectivity index (χ0v) is 12.1. The van der Waals surface area contributed by atoms with Gasteiger partial charge in [-0.25, -0.2) is 4.79 Å². The number of anilines is 1. The SMILES string of the molecule is CC(C)CC(C)N(C)c1ccc(/C=C/C(=O)O)cc1. The third-order valence-corrected chi connectivity index (χ3v) is 3.19. The fourth-order valence-corrected chi connectivity index (χ4v) is 2.08. The van der Waals surface area contributed by atoms with Gasteiger partial charge in [0.15, 0.2) is 0 Å². The third kappa shape index (κ3) is 5.16. The van der Waals surface area contributed by atoms with Crippen molar-refractivity contribution in [3.05, 3.63) is 35.9 Å². The predicted octanol–water partition coefficient (Wildman–Crippen LogP) is 3.66. The molecule has 1 rings (SSSR count). The van der Waals surface area contributed by atoms with E-state index in [9.17, 15) is 4.79 Å². The highest BCUT2D eigenvalue weighted by molar-refractivity contribution is 5.85. The molecule has 1 unspecified atom stereocenters. The normalized spacial score (nSPS) is 12.9. The van der Waals surface area contributed by atoms with E-state index in [1.807, 2.05) is 24.3 Å². The monoisotopic (exact) mass is 261 g/mol. The largest absolute Gasteiger partial charge is 0.478 e. The molecular weight excluding hydrogens is 238 g/mol. The van der Waals surface area contributed by atoms with Crippen molar-refractivity contribution in [3.8, 4) is 0 Å². The van der Waals surface area contributed by atoms with E-state index in [2.05, 4.69) is 32.7 Å². The van der Waals surface area contributed by atoms with Gasteiger partial charge in [-0.3, -0.25) is 0 Å². The maximum Gasteiger partial charge on any atom is 0.328 e. The molecule has 0 spiro atoms. The summed E-state index contributed by atoms with van der Waals surface area (Å²) in [5, 5.41) is 8.58. The van der Waals surface area contributed by atoms with Gasteiger partial charge in [0.2, 0.25) is 0 Å². The fourth-order valence-electron chi connectivity index (χ4n) is 2.08. The maximum absolute atomic E-state index is 10.4. The van der Waals surface area contributed by atoms with Crippen molar-refractivity contribution in [1.82, 2.24) is 0 Å². The number of aliphatic carboxylic acids is 1. The third-order valence-electron chi connectivity index (χ3n) is 3.19. The van der Waals surface area contributed by atoms with Crippen LogP contribution in [0.4, 0.5) is 5.69 Å². The van der Waals surface area contributed by atoms with E-state index in [-0.39, 0.29) is 0 Å². The number of hydrogen-bond acceptors (Lipinski definition) is 2. The van der Waals surface area contributed by atoms with E-state index in [1.165, 1.54) is 0 Å². The minimum Gasteiger partial charge on any atom is -0.478 e. The van der Waals surface area contributed by atoms with Crippen LogP contribution < -0.4 is 4.90 Å². The topological polar surface area (TPSA) is 40.5 Å². The first-order valence-corrected chi connectivity index (χ1v) is 6.64. The molecule has 1 atom stereocenters. The zero-order chi connectivity index (χ0) is 14.4. The molecule has 3 nitrogen and oxygen atoms in total. The van der Waals surface area contributed by atoms with Crippen molar-refractivity contribution in [2.45, 2.75) is 33.2 Å². The molecule has 0 bridgehead atoms. The van der Waals surface area contributed by atoms with Gasteiger partial charge in [-0.15, -0.1) is 0 Å². The van der Waals surface area contributed by atoms with Gasteiger partial charge in [0.05, 0.1) is 0 Å². The first-order chi connectivity index (χ1) is 8.90. The van der Waals surface area contributed by atoms with Gasteiger partial charge >= 0.3 is 5.97 Å². The molecular formula is C16H23NO2. The smallest absolute Gasteiger partial charge is 0.328 e. The Bertz CT molecular complexity index is 435. The van der Waals surface area contributed by atoms with Crippen LogP contribution in [0.2, 0.25) is 0 Å². The summed E-state index contributed by atoms with van der Waals surface area (Å²) < 4.78 is 0. The van der Waals surface area contributed by atoms with E-state index in [1.54, 1.807) is 6.08 Å². The van der Waals surface area contributed by atoms with E-state index in [0.29, 0.717) is 12.0 Å². The number of carboxylic acids is 1. The quantitative estimate of drug-likeness (QED) is 0.794. The van der Waals surface area contributed by atoms with Crippen LogP contribution in [0, 0.1) is 5.92 Å². The van der Waals surface area contributed by atoms with Gasteiger partial charge in [0, 0.05) is 24.9 Å². The Hall–Kier alpha value is -1.77. The number of carbonyl (C=O) groups is 1. The van der Waals surface area contributed by atoms with E-state index < -0.39 is 5.97 Å². The Labute approximate surface area is 115 Å². The first-order valence-electron chi connectivity index (χ1n) is 6.64. The van der Waals surface area contributed by atoms with Gasteiger partial charge in [0.25, 0.3) is 0 Å². The number of hydrogen-bond donors (Lipinski definition) is 1. The van der Waals surface area contributed by atoms with Crippen LogP contribution in [0.15, 0.2) is 30.3 Å². The van der Waals surface area contributed by atoms with Crippen molar-refractivity contribution in [3.63, 3.8) is 0 Å². The average molecular weight is 261 g/mol. The van der Waals surface area contributed by atoms with Crippen LogP contribution in [-0.2, 0) is 4.79 Å². The van der Waals surface area contributed by atoms with Crippen molar-refractivity contribution in [2.75, 3.05) is 11.9 Å². The van der Waals surface area contributed by atoms with Gasteiger partial charge in [-0.1, -0.05) is 26.0 Å². The predicted molar refractivity (Wildman–Crippen MR) is 80.4 cm³/mol. The zero-order valence-electron chi connectivity index (χ0n) is 12.1. The lowest BCUT2D eigenvalue weighted by atomic mass is 10.0. The van der Waals surface area contributed by atoms with Crippen LogP contribution in [0.1, 0.15) is 32.8 Å². The molecule has 1 aromatic carbocycles. The molecule has 0 fully saturated rings. The number of rotatable bonds is 6. The van der Waals surface area contributed by atoms with Crippen LogP contribution in [0.5, 0.6) is 0 Å². The summed E-state index contributed by atoms with van der Waals surface area (Å²) in [5.74, 6) is -0.248. The minimum atomic E-state index is -0.924. The molecule has 1 aromatic rings. The molecule has 0 heterocycles. The van der Waals surface area contributed by atoms with Crippen LogP contribution in [0.25, 0.3) is 6.08 Å². The van der Waals surface area contributed by atoms with Crippen LogP contribution in [0.3, 0.4) is 0 Å². The number of carboxylic acid groups (broad SMARTS) is 1. The fraction of sp³-hybridized carbons (Fsp3) is 0.438. The van der Waals surface area contributed by atoms with Gasteiger partial charge in [-0.2, -0.15) is 0 Å². The highest BCUT2D eigenvalue weighted by Gasteiger charge is 2.11. The number of nitrogens with zero attached hydrogens (tertiary/aromatic N) is 1. The lowest BCUT2D eigenvalue weighted by Crippen LogP contribution is -2.29. The van der Waals surface area contributed by atoms with Crippen molar-refractivity contribution >= 4 is 17.7 Å². The average Bonchev–Trinajstić information content (AvgIpc) is 2.35. The molecule has 0 aliphatic rings. The Morgan fingerprint density at radius 2 is 1.84 bits per heavy atom. The Balaban J connectivity index is 2.72. The van der Waals surface area contributed by atoms with Crippen molar-refractivity contribution in [1.29, 1.82) is 0 Å². The Morgan fingerprint density at radius 3 is 2.32 bits per heavy atom. The van der Waals surface area contributed by atoms with Crippen LogP contribution >= 0.6 is 0 Å². The summed E-state index contributed by atoms with van der Waals surface area (Å²) in [6.07, 6.45) is 3.90. The summed E-state index contributed by atoms with van der Waals surface area (Å²) in [5.41, 5.74) is 2.05. The van der Waals surface area contributed by atoms with Gasteiger partial charge < -0.3 is 10.0 Å². The summed E-state index contributed by atoms with van der Waals surface area (Å²) in [6, 6.07) is 8.41. The van der Waals surface area contributed by atoms with Crippen molar-refractivity contribution < 1.29 is 9.90 Å². The second-order valence-electron chi connectivity index (χ2n) is 5.35. The van der Waals surface area contributed by atoms with E-state index >= 15 is 0 Å². The second-order valence-corrected chi connectivity index (χ2v) is 5.35. The van der Waals surface area contributed by atoms with E-state index in [4.69, 9.17) is 5.11 Å². The molecule has 3 heteroatoms. The Kier molecular flexibility index (Phi) is 5.61. The molecule has 0 saturated carbocycles. The van der Waals surface area contributed by atoms with Crippen molar-refractivity contribution in [2.24, 2.45) is 5.92 Å². The maximum atomic E-state index is 10.4. The Morgan fingerprint density at radius 1 is 1.26 bits per heavy atom. The molecule has 0 amide bonds. The summed E-state index contributed by atoms with van der Waals surface area (Å²) in [6.45, 7) is 6.67. The van der Waals surface area contributed by atoms with Gasteiger partial charge in [-0.05, 0) is 43.0 Å². The minimum absolute atomic E-state index is 0.486. The molecule has 104 valence electrons. The molecule has 0 aromatic heterocycles. The summed E-state index contributed by atoms with van der Waals surface area (Å²) in [4.78, 5) is 12.7. The van der Waals surface area contributed by atoms with Gasteiger partial charge in [0.1, 0.15) is 0 Å². The molecule has 0 saturated heterocycles. The molecule has 0 radical (unpaired) electrons. The standard InChI is InChI=1S/C16H23NO2/c1-12(2)11-13(3)17(4)15-8-5-14(6-9-15)7-10-16(18)19/h5-10,12-13H,11H2,1-4H3,(H,18,19)/b10-7+. The van der Waals surface area contributed by atoms with Crippen LogP contribution in [-0.4, -0.2) is 24.2 Å². The molecule has 1 N–H and O–H groups in total. The molecule has 19 heavy (non-hydrogen) atoms. The van der Waals surface area contributed by atoms with E-state index in [0.717, 1.165) is 23.7 Å². The lowest BCUT2D eigenvalue weighted by molar-refractivity contribution is -0.131. The number of benzene rings is 1. The first kappa shape index (κ1) is 15.3. The molecule has 0 aliphatic heterocycles. The summed E-state index contributed by atoms with van der Waals surface area (Å²) in [7, 11) is 2.09. The highest BCUT2D eigenvalue weighted by atomic mass is 16.4. The molecule has 0 aliphatic carbocycles. The highest BCUT2D eigenvalue weighted by Crippen LogP contribution is 2.20.